The predicted octanol–water partition coefficient (Wildman–Crippen LogP) is 3.21. The van der Waals surface area contributed by atoms with Gasteiger partial charge in [0.25, 0.3) is 0 Å². The van der Waals surface area contributed by atoms with Crippen molar-refractivity contribution in [2.24, 2.45) is 0 Å². The first kappa shape index (κ1) is 16.3. The van der Waals surface area contributed by atoms with Gasteiger partial charge in [0.15, 0.2) is 0 Å². The van der Waals surface area contributed by atoms with Gasteiger partial charge in [-0.1, -0.05) is 0 Å². The molecule has 1 rings (SSSR count). The molecule has 0 radical (unpaired) electrons. The Morgan fingerprint density at radius 3 is 2.55 bits per heavy atom. The van der Waals surface area contributed by atoms with E-state index in [0.29, 0.717) is 12.7 Å². The summed E-state index contributed by atoms with van der Waals surface area (Å²) in [5, 5.41) is 8.97. The quantitative estimate of drug-likeness (QED) is 0.874. The van der Waals surface area contributed by atoms with Gasteiger partial charge in [-0.05, 0) is 32.0 Å². The van der Waals surface area contributed by atoms with Crippen molar-refractivity contribution in [1.29, 1.82) is 0 Å². The van der Waals surface area contributed by atoms with E-state index in [-0.39, 0.29) is 12.4 Å². The number of rotatable bonds is 6. The van der Waals surface area contributed by atoms with Gasteiger partial charge < -0.3 is 14.6 Å². The number of alkyl halides is 3. The van der Waals surface area contributed by atoms with Crippen LogP contribution in [0.2, 0.25) is 0 Å². The molecule has 7 heteroatoms. The lowest BCUT2D eigenvalue weighted by Gasteiger charge is -2.17. The molecule has 0 saturated carbocycles. The molecule has 1 aromatic carbocycles. The fourth-order valence-corrected chi connectivity index (χ4v) is 1.51. The van der Waals surface area contributed by atoms with E-state index >= 15 is 0 Å². The zero-order valence-electron chi connectivity index (χ0n) is 11.0. The van der Waals surface area contributed by atoms with Gasteiger partial charge in [0.05, 0.1) is 12.2 Å². The Kier molecular flexibility index (Phi) is 5.38. The highest BCUT2D eigenvalue weighted by Gasteiger charge is 2.32. The summed E-state index contributed by atoms with van der Waals surface area (Å²) in [6.07, 6.45) is -5.07. The van der Waals surface area contributed by atoms with E-state index in [1.807, 2.05) is 0 Å². The van der Waals surface area contributed by atoms with Crippen molar-refractivity contribution in [1.82, 2.24) is 0 Å². The largest absolute Gasteiger partial charge is 0.487 e. The van der Waals surface area contributed by atoms with E-state index < -0.39 is 29.4 Å². The van der Waals surface area contributed by atoms with Gasteiger partial charge in [0.1, 0.15) is 17.4 Å². The second kappa shape index (κ2) is 6.60. The Hall–Kier alpha value is -1.76. The standard InChI is InChI=1S/C13H15F3O4/c1-3-19-7-8(2)20-11-5-4-9(13(14,15)16)6-10(11)12(17)18/h4-6,8H,3,7H2,1-2H3,(H,17,18). The SMILES string of the molecule is CCOCC(C)Oc1ccc(C(F)(F)F)cc1C(=O)O. The maximum Gasteiger partial charge on any atom is 0.416 e. The first-order chi connectivity index (χ1) is 9.25. The van der Waals surface area contributed by atoms with Gasteiger partial charge >= 0.3 is 12.1 Å². The minimum Gasteiger partial charge on any atom is -0.487 e. The molecule has 0 saturated heterocycles. The number of ether oxygens (including phenoxy) is 2. The molecule has 1 atom stereocenters. The highest BCUT2D eigenvalue weighted by Crippen LogP contribution is 2.32. The zero-order chi connectivity index (χ0) is 15.3. The van der Waals surface area contributed by atoms with Gasteiger partial charge in [-0.3, -0.25) is 0 Å². The van der Waals surface area contributed by atoms with Crippen LogP contribution in [0.3, 0.4) is 0 Å². The van der Waals surface area contributed by atoms with Crippen LogP contribution in [0.15, 0.2) is 18.2 Å². The smallest absolute Gasteiger partial charge is 0.416 e. The van der Waals surface area contributed by atoms with Crippen LogP contribution in [0.5, 0.6) is 5.75 Å². The van der Waals surface area contributed by atoms with Gasteiger partial charge in [-0.25, -0.2) is 4.79 Å². The molecular weight excluding hydrogens is 277 g/mol. The summed E-state index contributed by atoms with van der Waals surface area (Å²) in [5.41, 5.74) is -1.55. The lowest BCUT2D eigenvalue weighted by Crippen LogP contribution is -2.20. The number of hydrogen-bond acceptors (Lipinski definition) is 3. The Labute approximate surface area is 114 Å². The van der Waals surface area contributed by atoms with Crippen molar-refractivity contribution in [3.05, 3.63) is 29.3 Å². The summed E-state index contributed by atoms with van der Waals surface area (Å²) < 4.78 is 48.0. The highest BCUT2D eigenvalue weighted by atomic mass is 19.4. The predicted molar refractivity (Wildman–Crippen MR) is 65.0 cm³/mol. The molecule has 0 aliphatic carbocycles. The number of carbonyl (C=O) groups is 1. The highest BCUT2D eigenvalue weighted by molar-refractivity contribution is 5.91. The molecule has 0 aliphatic rings. The van der Waals surface area contributed by atoms with Crippen LogP contribution in [0.25, 0.3) is 0 Å². The third-order valence-corrected chi connectivity index (χ3v) is 2.42. The lowest BCUT2D eigenvalue weighted by atomic mass is 10.1. The maximum absolute atomic E-state index is 12.5. The van der Waals surface area contributed by atoms with Crippen molar-refractivity contribution in [2.75, 3.05) is 13.2 Å². The topological polar surface area (TPSA) is 55.8 Å². The molecule has 1 aromatic rings. The van der Waals surface area contributed by atoms with Crippen LogP contribution in [-0.4, -0.2) is 30.4 Å². The summed E-state index contributed by atoms with van der Waals surface area (Å²) >= 11 is 0. The number of carboxylic acid groups (broad SMARTS) is 1. The fourth-order valence-electron chi connectivity index (χ4n) is 1.51. The van der Waals surface area contributed by atoms with E-state index in [0.717, 1.165) is 12.1 Å². The van der Waals surface area contributed by atoms with E-state index in [4.69, 9.17) is 14.6 Å². The van der Waals surface area contributed by atoms with Crippen LogP contribution in [0.4, 0.5) is 13.2 Å². The molecule has 0 amide bonds. The average molecular weight is 292 g/mol. The monoisotopic (exact) mass is 292 g/mol. The van der Waals surface area contributed by atoms with Gasteiger partial charge in [0.2, 0.25) is 0 Å². The number of aromatic carboxylic acids is 1. The summed E-state index contributed by atoms with van der Waals surface area (Å²) in [4.78, 5) is 11.0. The summed E-state index contributed by atoms with van der Waals surface area (Å²) in [6, 6.07) is 2.36. The summed E-state index contributed by atoms with van der Waals surface area (Å²) in [7, 11) is 0. The first-order valence-electron chi connectivity index (χ1n) is 5.94. The minimum atomic E-state index is -4.60. The van der Waals surface area contributed by atoms with Crippen molar-refractivity contribution >= 4 is 5.97 Å². The third-order valence-electron chi connectivity index (χ3n) is 2.42. The normalized spacial score (nSPS) is 13.1. The van der Waals surface area contributed by atoms with Crippen LogP contribution >= 0.6 is 0 Å². The number of hydrogen-bond donors (Lipinski definition) is 1. The van der Waals surface area contributed by atoms with Crippen LogP contribution < -0.4 is 4.74 Å². The molecule has 1 unspecified atom stereocenters. The Bertz CT molecular complexity index is 471. The van der Waals surface area contributed by atoms with E-state index in [1.54, 1.807) is 13.8 Å². The molecule has 20 heavy (non-hydrogen) atoms. The summed E-state index contributed by atoms with van der Waals surface area (Å²) in [5.74, 6) is -1.59. The molecule has 0 bridgehead atoms. The molecule has 0 aromatic heterocycles. The molecule has 0 fully saturated rings. The van der Waals surface area contributed by atoms with E-state index in [1.165, 1.54) is 0 Å². The average Bonchev–Trinajstić information content (AvgIpc) is 2.35. The Morgan fingerprint density at radius 2 is 2.05 bits per heavy atom. The van der Waals surface area contributed by atoms with Crippen molar-refractivity contribution in [2.45, 2.75) is 26.1 Å². The Morgan fingerprint density at radius 1 is 1.40 bits per heavy atom. The molecule has 4 nitrogen and oxygen atoms in total. The van der Waals surface area contributed by atoms with Crippen molar-refractivity contribution < 1.29 is 32.5 Å². The van der Waals surface area contributed by atoms with Crippen LogP contribution in [-0.2, 0) is 10.9 Å². The van der Waals surface area contributed by atoms with Crippen molar-refractivity contribution in [3.63, 3.8) is 0 Å². The first-order valence-corrected chi connectivity index (χ1v) is 5.94. The fraction of sp³-hybridized carbons (Fsp3) is 0.462. The second-order valence-electron chi connectivity index (χ2n) is 4.10. The van der Waals surface area contributed by atoms with Gasteiger partial charge in [-0.15, -0.1) is 0 Å². The summed E-state index contributed by atoms with van der Waals surface area (Å²) in [6.45, 7) is 4.11. The van der Waals surface area contributed by atoms with Crippen LogP contribution in [0, 0.1) is 0 Å². The molecule has 0 spiro atoms. The lowest BCUT2D eigenvalue weighted by molar-refractivity contribution is -0.137. The third kappa shape index (κ3) is 4.41. The second-order valence-corrected chi connectivity index (χ2v) is 4.10. The molecule has 112 valence electrons. The molecular formula is C13H15F3O4. The number of benzene rings is 1. The maximum atomic E-state index is 12.5. The molecule has 1 N–H and O–H groups in total. The number of carboxylic acids is 1. The van der Waals surface area contributed by atoms with E-state index in [2.05, 4.69) is 0 Å². The number of halogens is 3. The van der Waals surface area contributed by atoms with Crippen LogP contribution in [0.1, 0.15) is 29.8 Å². The van der Waals surface area contributed by atoms with Crippen molar-refractivity contribution in [3.8, 4) is 5.75 Å². The van der Waals surface area contributed by atoms with E-state index in [9.17, 15) is 18.0 Å². The Balaban J connectivity index is 2.99. The van der Waals surface area contributed by atoms with Gasteiger partial charge in [0, 0.05) is 6.61 Å². The van der Waals surface area contributed by atoms with Gasteiger partial charge in [-0.2, -0.15) is 13.2 Å². The molecule has 0 aliphatic heterocycles. The molecule has 0 heterocycles. The zero-order valence-corrected chi connectivity index (χ0v) is 11.0. The minimum absolute atomic E-state index is 0.113.